The Labute approximate surface area is 111 Å². The van der Waals surface area contributed by atoms with Gasteiger partial charge in [0, 0.05) is 12.2 Å². The number of nitrogens with zero attached hydrogens (tertiary/aromatic N) is 1. The summed E-state index contributed by atoms with van der Waals surface area (Å²) in [4.78, 5) is 4.36. The molecule has 0 aliphatic heterocycles. The van der Waals surface area contributed by atoms with Crippen LogP contribution in [-0.4, -0.2) is 22.7 Å². The summed E-state index contributed by atoms with van der Waals surface area (Å²) >= 11 is 0. The zero-order chi connectivity index (χ0) is 13.2. The number of fused-ring (bicyclic) bond motifs is 1. The zero-order valence-electron chi connectivity index (χ0n) is 10.8. The third-order valence-electron chi connectivity index (χ3n) is 3.71. The van der Waals surface area contributed by atoms with Gasteiger partial charge in [0.2, 0.25) is 0 Å². The number of nitrogens with one attached hydrogen (secondary N) is 1. The van der Waals surface area contributed by atoms with Crippen LogP contribution < -0.4 is 11.1 Å². The van der Waals surface area contributed by atoms with E-state index >= 15 is 0 Å². The molecule has 0 amide bonds. The molecule has 1 aliphatic carbocycles. The van der Waals surface area contributed by atoms with Crippen molar-refractivity contribution in [3.05, 3.63) is 18.2 Å². The molecule has 5 nitrogen and oxygen atoms in total. The molecule has 1 heterocycles. The molecule has 0 spiro atoms. The van der Waals surface area contributed by atoms with Gasteiger partial charge in [-0.2, -0.15) is 4.98 Å². The van der Waals surface area contributed by atoms with E-state index < -0.39 is 0 Å². The van der Waals surface area contributed by atoms with Crippen LogP contribution in [-0.2, 0) is 0 Å². The minimum Gasteiger partial charge on any atom is -0.424 e. The predicted octanol–water partition coefficient (Wildman–Crippen LogP) is 2.37. The number of hydrogen-bond donors (Lipinski definition) is 3. The monoisotopic (exact) mass is 261 g/mol. The first-order chi connectivity index (χ1) is 9.20. The molecule has 2 unspecified atom stereocenters. The second kappa shape index (κ2) is 5.09. The number of oxazole rings is 1. The van der Waals surface area contributed by atoms with Gasteiger partial charge >= 0.3 is 0 Å². The van der Waals surface area contributed by atoms with Crippen LogP contribution in [0, 0.1) is 5.92 Å². The quantitative estimate of drug-likeness (QED) is 0.739. The Morgan fingerprint density at radius 3 is 3.16 bits per heavy atom. The van der Waals surface area contributed by atoms with E-state index in [-0.39, 0.29) is 6.10 Å². The predicted molar refractivity (Wildman–Crippen MR) is 74.9 cm³/mol. The Morgan fingerprint density at radius 2 is 2.32 bits per heavy atom. The lowest BCUT2D eigenvalue weighted by atomic mass is 9.87. The van der Waals surface area contributed by atoms with Crippen LogP contribution in [0.15, 0.2) is 22.6 Å². The van der Waals surface area contributed by atoms with E-state index in [1.807, 2.05) is 6.07 Å². The van der Waals surface area contributed by atoms with Gasteiger partial charge < -0.3 is 20.6 Å². The van der Waals surface area contributed by atoms with E-state index in [0.29, 0.717) is 17.6 Å². The van der Waals surface area contributed by atoms with Crippen molar-refractivity contribution >= 4 is 22.8 Å². The molecule has 4 N–H and O–H groups in total. The third kappa shape index (κ3) is 2.81. The molecule has 0 radical (unpaired) electrons. The zero-order valence-corrected chi connectivity index (χ0v) is 10.8. The van der Waals surface area contributed by atoms with Gasteiger partial charge in [0.25, 0.3) is 6.01 Å². The summed E-state index contributed by atoms with van der Waals surface area (Å²) in [6, 6.07) is 5.96. The fraction of sp³-hybridized carbons (Fsp3) is 0.500. The molecular weight excluding hydrogens is 242 g/mol. The van der Waals surface area contributed by atoms with Crippen molar-refractivity contribution in [2.24, 2.45) is 5.92 Å². The lowest BCUT2D eigenvalue weighted by Crippen LogP contribution is -2.25. The average Bonchev–Trinajstić information content (AvgIpc) is 2.78. The first-order valence-electron chi connectivity index (χ1n) is 6.79. The second-order valence-corrected chi connectivity index (χ2v) is 5.31. The van der Waals surface area contributed by atoms with Crippen LogP contribution in [0.2, 0.25) is 0 Å². The summed E-state index contributed by atoms with van der Waals surface area (Å²) in [5, 5.41) is 12.9. The molecule has 1 aliphatic rings. The molecule has 2 aromatic rings. The lowest BCUT2D eigenvalue weighted by Gasteiger charge is -2.25. The number of anilines is 2. The standard InChI is InChI=1S/C14H19N3O2/c15-10-4-5-13-12(7-10)17-14(19-13)16-8-9-2-1-3-11(18)6-9/h4-5,7,9,11,18H,1-3,6,8,15H2,(H,16,17). The number of nitrogen functional groups attached to an aromatic ring is 1. The van der Waals surface area contributed by atoms with E-state index in [4.69, 9.17) is 10.2 Å². The number of rotatable bonds is 3. The van der Waals surface area contributed by atoms with E-state index in [1.165, 1.54) is 0 Å². The summed E-state index contributed by atoms with van der Waals surface area (Å²) in [5.74, 6) is 0.490. The van der Waals surface area contributed by atoms with Crippen LogP contribution in [0.5, 0.6) is 0 Å². The van der Waals surface area contributed by atoms with Crippen molar-refractivity contribution in [2.45, 2.75) is 31.8 Å². The first-order valence-corrected chi connectivity index (χ1v) is 6.79. The Morgan fingerprint density at radius 1 is 1.42 bits per heavy atom. The minimum atomic E-state index is -0.149. The summed E-state index contributed by atoms with van der Waals surface area (Å²) in [6.07, 6.45) is 3.89. The molecule has 102 valence electrons. The maximum absolute atomic E-state index is 9.64. The highest BCUT2D eigenvalue weighted by Crippen LogP contribution is 2.25. The highest BCUT2D eigenvalue weighted by atomic mass is 16.4. The molecule has 19 heavy (non-hydrogen) atoms. The van der Waals surface area contributed by atoms with Crippen molar-refractivity contribution in [1.29, 1.82) is 0 Å². The lowest BCUT2D eigenvalue weighted by molar-refractivity contribution is 0.104. The van der Waals surface area contributed by atoms with Crippen molar-refractivity contribution in [1.82, 2.24) is 4.98 Å². The highest BCUT2D eigenvalue weighted by molar-refractivity contribution is 5.78. The Bertz CT molecular complexity index is 567. The molecule has 2 atom stereocenters. The molecule has 5 heteroatoms. The van der Waals surface area contributed by atoms with Crippen molar-refractivity contribution in [3.8, 4) is 0 Å². The number of hydrogen-bond acceptors (Lipinski definition) is 5. The van der Waals surface area contributed by atoms with Gasteiger partial charge in [-0.1, -0.05) is 6.42 Å². The summed E-state index contributed by atoms with van der Waals surface area (Å²) in [5.41, 5.74) is 7.90. The smallest absolute Gasteiger partial charge is 0.295 e. The van der Waals surface area contributed by atoms with Gasteiger partial charge in [0.05, 0.1) is 6.10 Å². The van der Waals surface area contributed by atoms with Crippen molar-refractivity contribution in [2.75, 3.05) is 17.6 Å². The fourth-order valence-electron chi connectivity index (χ4n) is 2.70. The molecule has 1 aromatic carbocycles. The maximum Gasteiger partial charge on any atom is 0.295 e. The maximum atomic E-state index is 9.64. The van der Waals surface area contributed by atoms with E-state index in [0.717, 1.165) is 43.3 Å². The van der Waals surface area contributed by atoms with Crippen LogP contribution in [0.25, 0.3) is 11.1 Å². The first kappa shape index (κ1) is 12.3. The SMILES string of the molecule is Nc1ccc2oc(NCC3CCCC(O)C3)nc2c1. The van der Waals surface area contributed by atoms with E-state index in [1.54, 1.807) is 12.1 Å². The fourth-order valence-corrected chi connectivity index (χ4v) is 2.70. The Kier molecular flexibility index (Phi) is 3.29. The van der Waals surface area contributed by atoms with Gasteiger partial charge in [0.1, 0.15) is 5.52 Å². The van der Waals surface area contributed by atoms with Gasteiger partial charge in [-0.3, -0.25) is 0 Å². The largest absolute Gasteiger partial charge is 0.424 e. The van der Waals surface area contributed by atoms with Crippen LogP contribution in [0.1, 0.15) is 25.7 Å². The van der Waals surface area contributed by atoms with Crippen LogP contribution in [0.4, 0.5) is 11.7 Å². The van der Waals surface area contributed by atoms with Gasteiger partial charge in [-0.15, -0.1) is 0 Å². The molecule has 1 aromatic heterocycles. The molecule has 1 saturated carbocycles. The van der Waals surface area contributed by atoms with Gasteiger partial charge in [-0.05, 0) is 43.4 Å². The third-order valence-corrected chi connectivity index (χ3v) is 3.71. The van der Waals surface area contributed by atoms with Crippen molar-refractivity contribution < 1.29 is 9.52 Å². The van der Waals surface area contributed by atoms with Crippen LogP contribution in [0.3, 0.4) is 0 Å². The van der Waals surface area contributed by atoms with Gasteiger partial charge in [0.15, 0.2) is 5.58 Å². The molecule has 1 fully saturated rings. The average molecular weight is 261 g/mol. The normalized spacial score (nSPS) is 23.6. The number of nitrogens with two attached hydrogens (primary N) is 1. The summed E-state index contributed by atoms with van der Waals surface area (Å²) in [7, 11) is 0. The topological polar surface area (TPSA) is 84.3 Å². The summed E-state index contributed by atoms with van der Waals surface area (Å²) in [6.45, 7) is 0.791. The molecule has 0 bridgehead atoms. The number of aromatic nitrogens is 1. The highest BCUT2D eigenvalue weighted by Gasteiger charge is 2.20. The van der Waals surface area contributed by atoms with E-state index in [2.05, 4.69) is 10.3 Å². The second-order valence-electron chi connectivity index (χ2n) is 5.31. The van der Waals surface area contributed by atoms with E-state index in [9.17, 15) is 5.11 Å². The Hall–Kier alpha value is -1.75. The minimum absolute atomic E-state index is 0.149. The molecule has 3 rings (SSSR count). The summed E-state index contributed by atoms with van der Waals surface area (Å²) < 4.78 is 5.60. The van der Waals surface area contributed by atoms with Crippen LogP contribution >= 0.6 is 0 Å². The Balaban J connectivity index is 1.65. The van der Waals surface area contributed by atoms with Crippen molar-refractivity contribution in [3.63, 3.8) is 0 Å². The molecule has 0 saturated heterocycles. The van der Waals surface area contributed by atoms with Gasteiger partial charge in [-0.25, -0.2) is 0 Å². The number of aliphatic hydroxyl groups excluding tert-OH is 1. The molecular formula is C14H19N3O2. The number of aliphatic hydroxyl groups is 1. The number of benzene rings is 1.